The number of aliphatic hydroxyl groups excluding tert-OH is 1. The summed E-state index contributed by atoms with van der Waals surface area (Å²) in [5.74, 6) is 1.67. The van der Waals surface area contributed by atoms with Gasteiger partial charge in [-0.1, -0.05) is 0 Å². The normalized spacial score (nSPS) is 17.3. The maximum atomic E-state index is 9.85. The predicted octanol–water partition coefficient (Wildman–Crippen LogP) is 1.67. The zero-order chi connectivity index (χ0) is 13.0. The summed E-state index contributed by atoms with van der Waals surface area (Å²) in [6, 6.07) is 0. The topological polar surface area (TPSA) is 41.3 Å². The van der Waals surface area contributed by atoms with Gasteiger partial charge in [0.05, 0.1) is 6.10 Å². The molecule has 1 aromatic heterocycles. The van der Waals surface area contributed by atoms with Crippen LogP contribution < -0.4 is 0 Å². The van der Waals surface area contributed by atoms with Crippen LogP contribution >= 0.6 is 0 Å². The van der Waals surface area contributed by atoms with Crippen LogP contribution in [0.2, 0.25) is 0 Å². The maximum absolute atomic E-state index is 9.85. The molecule has 1 N–H and O–H groups in total. The lowest BCUT2D eigenvalue weighted by Crippen LogP contribution is -2.31. The molecule has 1 aromatic rings. The Morgan fingerprint density at radius 2 is 2.28 bits per heavy atom. The van der Waals surface area contributed by atoms with Crippen LogP contribution in [0.3, 0.4) is 0 Å². The molecule has 0 amide bonds. The van der Waals surface area contributed by atoms with Crippen LogP contribution in [0.15, 0.2) is 12.4 Å². The number of nitrogens with zero attached hydrogens (tertiary/aromatic N) is 3. The number of unbranched alkanes of at least 4 members (excludes halogenated alkanes) is 1. The lowest BCUT2D eigenvalue weighted by molar-refractivity contribution is 0.106. The Morgan fingerprint density at radius 3 is 2.89 bits per heavy atom. The second-order valence-electron chi connectivity index (χ2n) is 5.54. The van der Waals surface area contributed by atoms with Gasteiger partial charge in [-0.3, -0.25) is 0 Å². The first-order chi connectivity index (χ1) is 8.66. The van der Waals surface area contributed by atoms with Crippen molar-refractivity contribution < 1.29 is 5.11 Å². The van der Waals surface area contributed by atoms with E-state index in [2.05, 4.69) is 21.5 Å². The molecule has 0 aromatic carbocycles. The molecule has 0 saturated heterocycles. The van der Waals surface area contributed by atoms with Crippen molar-refractivity contribution in [1.82, 2.24) is 14.5 Å². The minimum absolute atomic E-state index is 0.106. The molecule has 0 bridgehead atoms. The molecular formula is C14H25N3O. The Morgan fingerprint density at radius 1 is 1.50 bits per heavy atom. The quantitative estimate of drug-likeness (QED) is 0.715. The van der Waals surface area contributed by atoms with Crippen LogP contribution in [0, 0.1) is 12.8 Å². The molecule has 4 nitrogen and oxygen atoms in total. The third-order valence-corrected chi connectivity index (χ3v) is 3.78. The smallest absolute Gasteiger partial charge is 0.105 e. The summed E-state index contributed by atoms with van der Waals surface area (Å²) in [6.07, 6.45) is 8.56. The van der Waals surface area contributed by atoms with Crippen molar-refractivity contribution in [2.45, 2.75) is 45.3 Å². The maximum Gasteiger partial charge on any atom is 0.105 e. The fraction of sp³-hybridized carbons (Fsp3) is 0.786. The molecule has 1 saturated carbocycles. The molecular weight excluding hydrogens is 226 g/mol. The van der Waals surface area contributed by atoms with E-state index in [9.17, 15) is 5.11 Å². The Bertz CT molecular complexity index is 360. The fourth-order valence-corrected chi connectivity index (χ4v) is 2.34. The van der Waals surface area contributed by atoms with E-state index >= 15 is 0 Å². The van der Waals surface area contributed by atoms with E-state index in [0.29, 0.717) is 5.92 Å². The minimum Gasteiger partial charge on any atom is -0.392 e. The van der Waals surface area contributed by atoms with Gasteiger partial charge in [0, 0.05) is 25.5 Å². The molecule has 1 atom stereocenters. The van der Waals surface area contributed by atoms with Crippen molar-refractivity contribution in [2.24, 2.45) is 5.92 Å². The van der Waals surface area contributed by atoms with Crippen molar-refractivity contribution >= 4 is 0 Å². The average Bonchev–Trinajstić information content (AvgIpc) is 3.10. The molecule has 1 fully saturated rings. The van der Waals surface area contributed by atoms with Crippen LogP contribution in [0.4, 0.5) is 0 Å². The molecule has 0 spiro atoms. The second-order valence-corrected chi connectivity index (χ2v) is 5.54. The summed E-state index contributed by atoms with van der Waals surface area (Å²) < 4.78 is 2.19. The van der Waals surface area contributed by atoms with Crippen LogP contribution in [0.1, 0.15) is 31.5 Å². The summed E-state index contributed by atoms with van der Waals surface area (Å²) in [7, 11) is 2.11. The van der Waals surface area contributed by atoms with E-state index in [0.717, 1.165) is 25.5 Å². The Balaban J connectivity index is 1.56. The van der Waals surface area contributed by atoms with Gasteiger partial charge in [0.15, 0.2) is 0 Å². The third-order valence-electron chi connectivity index (χ3n) is 3.78. The zero-order valence-corrected chi connectivity index (χ0v) is 11.5. The number of aliphatic hydroxyl groups is 1. The highest BCUT2D eigenvalue weighted by molar-refractivity contribution is 4.88. The van der Waals surface area contributed by atoms with E-state index in [1.807, 2.05) is 19.3 Å². The highest BCUT2D eigenvalue weighted by Gasteiger charge is 2.29. The van der Waals surface area contributed by atoms with Crippen molar-refractivity contribution in [3.8, 4) is 0 Å². The minimum atomic E-state index is -0.106. The monoisotopic (exact) mass is 251 g/mol. The molecule has 1 unspecified atom stereocenters. The summed E-state index contributed by atoms with van der Waals surface area (Å²) >= 11 is 0. The molecule has 2 rings (SSSR count). The first-order valence-corrected chi connectivity index (χ1v) is 7.01. The highest BCUT2D eigenvalue weighted by Crippen LogP contribution is 2.32. The number of imidazole rings is 1. The van der Waals surface area contributed by atoms with Crippen LogP contribution in [-0.2, 0) is 6.54 Å². The third kappa shape index (κ3) is 4.10. The van der Waals surface area contributed by atoms with Crippen molar-refractivity contribution in [3.05, 3.63) is 18.2 Å². The summed E-state index contributed by atoms with van der Waals surface area (Å²) in [5, 5.41) is 9.85. The largest absolute Gasteiger partial charge is 0.392 e. The van der Waals surface area contributed by atoms with Gasteiger partial charge in [0.1, 0.15) is 5.82 Å². The first-order valence-electron chi connectivity index (χ1n) is 7.01. The van der Waals surface area contributed by atoms with E-state index in [1.54, 1.807) is 0 Å². The van der Waals surface area contributed by atoms with Gasteiger partial charge in [0.2, 0.25) is 0 Å². The number of aryl methyl sites for hydroxylation is 2. The lowest BCUT2D eigenvalue weighted by atomic mass is 10.2. The van der Waals surface area contributed by atoms with Crippen molar-refractivity contribution in [1.29, 1.82) is 0 Å². The van der Waals surface area contributed by atoms with Crippen molar-refractivity contribution in [3.63, 3.8) is 0 Å². The van der Waals surface area contributed by atoms with Crippen LogP contribution in [-0.4, -0.2) is 45.8 Å². The van der Waals surface area contributed by atoms with E-state index in [4.69, 9.17) is 0 Å². The fourth-order valence-electron chi connectivity index (χ4n) is 2.34. The first kappa shape index (κ1) is 13.6. The van der Waals surface area contributed by atoms with E-state index in [-0.39, 0.29) is 6.10 Å². The summed E-state index contributed by atoms with van der Waals surface area (Å²) in [5.41, 5.74) is 0. The molecule has 102 valence electrons. The van der Waals surface area contributed by atoms with Gasteiger partial charge in [0.25, 0.3) is 0 Å². The van der Waals surface area contributed by atoms with Crippen LogP contribution in [0.5, 0.6) is 0 Å². The second kappa shape index (κ2) is 6.34. The number of likely N-dealkylation sites (N-methyl/N-ethyl adjacent to an activating group) is 1. The van der Waals surface area contributed by atoms with Gasteiger partial charge in [-0.25, -0.2) is 4.98 Å². The Hall–Kier alpha value is -0.870. The number of rotatable bonds is 8. The Labute approximate surface area is 110 Å². The molecule has 18 heavy (non-hydrogen) atoms. The standard InChI is InChI=1S/C14H25N3O/c1-12-15-7-10-17(12)9-4-3-8-16(2)11-14(18)13-5-6-13/h7,10,13-14,18H,3-6,8-9,11H2,1-2H3. The molecule has 0 aliphatic heterocycles. The van der Waals surface area contributed by atoms with Gasteiger partial charge in [-0.2, -0.15) is 0 Å². The van der Waals surface area contributed by atoms with Gasteiger partial charge < -0.3 is 14.6 Å². The van der Waals surface area contributed by atoms with Crippen molar-refractivity contribution in [2.75, 3.05) is 20.1 Å². The average molecular weight is 251 g/mol. The molecule has 1 aliphatic rings. The number of hydrogen-bond donors (Lipinski definition) is 1. The zero-order valence-electron chi connectivity index (χ0n) is 11.5. The van der Waals surface area contributed by atoms with Crippen LogP contribution in [0.25, 0.3) is 0 Å². The number of aromatic nitrogens is 2. The van der Waals surface area contributed by atoms with Gasteiger partial charge >= 0.3 is 0 Å². The summed E-state index contributed by atoms with van der Waals surface area (Å²) in [6.45, 7) is 4.98. The highest BCUT2D eigenvalue weighted by atomic mass is 16.3. The van der Waals surface area contributed by atoms with Gasteiger partial charge in [-0.15, -0.1) is 0 Å². The Kier molecular flexibility index (Phi) is 4.78. The van der Waals surface area contributed by atoms with E-state index < -0.39 is 0 Å². The molecule has 1 heterocycles. The molecule has 4 heteroatoms. The SMILES string of the molecule is Cc1nccn1CCCCN(C)CC(O)C1CC1. The molecule has 1 aliphatic carbocycles. The predicted molar refractivity (Wildman–Crippen MR) is 72.4 cm³/mol. The van der Waals surface area contributed by atoms with E-state index in [1.165, 1.54) is 25.7 Å². The number of hydrogen-bond acceptors (Lipinski definition) is 3. The molecule has 0 radical (unpaired) electrons. The lowest BCUT2D eigenvalue weighted by Gasteiger charge is -2.20. The summed E-state index contributed by atoms with van der Waals surface area (Å²) in [4.78, 5) is 6.47. The van der Waals surface area contributed by atoms with Gasteiger partial charge in [-0.05, 0) is 52.1 Å².